The fraction of sp³-hybridized carbons (Fsp3) is 0.350. The maximum absolute atomic E-state index is 13.0. The molecule has 1 saturated heterocycles. The summed E-state index contributed by atoms with van der Waals surface area (Å²) in [7, 11) is -3.59. The van der Waals surface area contributed by atoms with Gasteiger partial charge >= 0.3 is 0 Å². The maximum Gasteiger partial charge on any atom is 0.243 e. The van der Waals surface area contributed by atoms with Crippen LogP contribution in [-0.4, -0.2) is 31.2 Å². The summed E-state index contributed by atoms with van der Waals surface area (Å²) in [5, 5.41) is 2.85. The zero-order chi connectivity index (χ0) is 18.6. The van der Waals surface area contributed by atoms with E-state index in [1.165, 1.54) is 4.31 Å². The molecule has 2 aromatic rings. The summed E-state index contributed by atoms with van der Waals surface area (Å²) < 4.78 is 27.6. The molecule has 138 valence electrons. The molecular formula is C20H24N2O3S. The third-order valence-corrected chi connectivity index (χ3v) is 6.65. The maximum atomic E-state index is 13.0. The second-order valence-corrected chi connectivity index (χ2v) is 8.59. The van der Waals surface area contributed by atoms with Crippen LogP contribution in [-0.2, 0) is 14.8 Å². The highest BCUT2D eigenvalue weighted by Gasteiger charge is 2.34. The standard InChI is InChI=1S/C20H24N2O3S/c1-16-10-12-19(13-11-16)26(24,25)22-14-6-5-9-18(22)15-20(23)21-17-7-3-2-4-8-17/h2-4,7-8,10-13,18H,5-6,9,14-15H2,1H3,(H,21,23)/t18-/m0/s1. The van der Waals surface area contributed by atoms with Gasteiger partial charge in [-0.2, -0.15) is 4.31 Å². The first kappa shape index (κ1) is 18.6. The van der Waals surface area contributed by atoms with Crippen LogP contribution in [0, 0.1) is 6.92 Å². The number of carbonyl (C=O) groups is 1. The average molecular weight is 372 g/mol. The summed E-state index contributed by atoms with van der Waals surface area (Å²) >= 11 is 0. The average Bonchev–Trinajstić information content (AvgIpc) is 2.63. The van der Waals surface area contributed by atoms with Crippen LogP contribution in [0.25, 0.3) is 0 Å². The third kappa shape index (κ3) is 4.31. The number of para-hydroxylation sites is 1. The number of aryl methyl sites for hydroxylation is 1. The lowest BCUT2D eigenvalue weighted by Gasteiger charge is -2.34. The van der Waals surface area contributed by atoms with Crippen molar-refractivity contribution in [2.24, 2.45) is 0 Å². The predicted molar refractivity (Wildman–Crippen MR) is 102 cm³/mol. The van der Waals surface area contributed by atoms with E-state index in [2.05, 4.69) is 5.32 Å². The van der Waals surface area contributed by atoms with Crippen molar-refractivity contribution < 1.29 is 13.2 Å². The first-order valence-electron chi connectivity index (χ1n) is 8.90. The van der Waals surface area contributed by atoms with Gasteiger partial charge in [0.25, 0.3) is 0 Å². The van der Waals surface area contributed by atoms with Crippen LogP contribution in [0.3, 0.4) is 0 Å². The lowest BCUT2D eigenvalue weighted by atomic mass is 10.0. The number of amides is 1. The molecule has 0 bridgehead atoms. The molecule has 1 aliphatic heterocycles. The van der Waals surface area contributed by atoms with Crippen LogP contribution < -0.4 is 5.32 Å². The number of nitrogens with zero attached hydrogens (tertiary/aromatic N) is 1. The molecule has 0 unspecified atom stereocenters. The Kier molecular flexibility index (Phi) is 5.74. The van der Waals surface area contributed by atoms with Gasteiger partial charge < -0.3 is 5.32 Å². The predicted octanol–water partition coefficient (Wildman–Crippen LogP) is 3.57. The zero-order valence-electron chi connectivity index (χ0n) is 14.9. The highest BCUT2D eigenvalue weighted by Crippen LogP contribution is 2.27. The normalized spacial score (nSPS) is 18.4. The largest absolute Gasteiger partial charge is 0.326 e. The van der Waals surface area contributed by atoms with E-state index in [4.69, 9.17) is 0 Å². The molecule has 1 fully saturated rings. The highest BCUT2D eigenvalue weighted by molar-refractivity contribution is 7.89. The fourth-order valence-electron chi connectivity index (χ4n) is 3.29. The summed E-state index contributed by atoms with van der Waals surface area (Å²) in [5.74, 6) is -0.160. The Morgan fingerprint density at radius 2 is 1.77 bits per heavy atom. The molecule has 1 amide bonds. The van der Waals surface area contributed by atoms with Gasteiger partial charge in [-0.3, -0.25) is 4.79 Å². The zero-order valence-corrected chi connectivity index (χ0v) is 15.7. The van der Waals surface area contributed by atoms with Gasteiger partial charge in [0.2, 0.25) is 15.9 Å². The minimum absolute atomic E-state index is 0.160. The molecule has 2 aromatic carbocycles. The molecule has 1 aliphatic rings. The topological polar surface area (TPSA) is 66.5 Å². The van der Waals surface area contributed by atoms with E-state index in [1.807, 2.05) is 37.3 Å². The number of benzene rings is 2. The summed E-state index contributed by atoms with van der Waals surface area (Å²) in [5.41, 5.74) is 1.74. The Bertz CT molecular complexity index is 848. The molecular weight excluding hydrogens is 348 g/mol. The lowest BCUT2D eigenvalue weighted by molar-refractivity contribution is -0.117. The SMILES string of the molecule is Cc1ccc(S(=O)(=O)N2CCCC[C@H]2CC(=O)Nc2ccccc2)cc1. The number of carbonyl (C=O) groups excluding carboxylic acids is 1. The van der Waals surface area contributed by atoms with Gasteiger partial charge in [0.1, 0.15) is 0 Å². The van der Waals surface area contributed by atoms with Gasteiger partial charge in [0.15, 0.2) is 0 Å². The Labute approximate surface area is 155 Å². The van der Waals surface area contributed by atoms with Crippen molar-refractivity contribution >= 4 is 21.6 Å². The van der Waals surface area contributed by atoms with Crippen molar-refractivity contribution in [1.82, 2.24) is 4.31 Å². The summed E-state index contributed by atoms with van der Waals surface area (Å²) in [6, 6.07) is 15.8. The Morgan fingerprint density at radius 1 is 1.08 bits per heavy atom. The molecule has 0 spiro atoms. The second kappa shape index (κ2) is 8.01. The molecule has 3 rings (SSSR count). The van der Waals surface area contributed by atoms with Crippen molar-refractivity contribution in [2.45, 2.75) is 43.5 Å². The Morgan fingerprint density at radius 3 is 2.46 bits per heavy atom. The van der Waals surface area contributed by atoms with Crippen molar-refractivity contribution in [3.8, 4) is 0 Å². The van der Waals surface area contributed by atoms with E-state index in [0.717, 1.165) is 24.1 Å². The molecule has 5 nitrogen and oxygen atoms in total. The number of anilines is 1. The first-order valence-corrected chi connectivity index (χ1v) is 10.3. The number of hydrogen-bond donors (Lipinski definition) is 1. The smallest absolute Gasteiger partial charge is 0.243 e. The van der Waals surface area contributed by atoms with Gasteiger partial charge in [-0.1, -0.05) is 42.3 Å². The monoisotopic (exact) mass is 372 g/mol. The number of piperidine rings is 1. The first-order chi connectivity index (χ1) is 12.5. The number of rotatable bonds is 5. The van der Waals surface area contributed by atoms with Crippen LogP contribution in [0.4, 0.5) is 5.69 Å². The number of hydrogen-bond acceptors (Lipinski definition) is 3. The van der Waals surface area contributed by atoms with E-state index >= 15 is 0 Å². The molecule has 1 atom stereocenters. The van der Waals surface area contributed by atoms with Crippen LogP contribution in [0.2, 0.25) is 0 Å². The quantitative estimate of drug-likeness (QED) is 0.872. The molecule has 6 heteroatoms. The molecule has 1 heterocycles. The molecule has 0 radical (unpaired) electrons. The van der Waals surface area contributed by atoms with Gasteiger partial charge in [-0.25, -0.2) is 8.42 Å². The van der Waals surface area contributed by atoms with Crippen molar-refractivity contribution in [2.75, 3.05) is 11.9 Å². The molecule has 1 N–H and O–H groups in total. The van der Waals surface area contributed by atoms with Crippen LogP contribution in [0.1, 0.15) is 31.2 Å². The Balaban J connectivity index is 1.75. The van der Waals surface area contributed by atoms with E-state index in [-0.39, 0.29) is 18.4 Å². The minimum atomic E-state index is -3.59. The van der Waals surface area contributed by atoms with Gasteiger partial charge in [-0.15, -0.1) is 0 Å². The molecule has 0 aromatic heterocycles. The Hall–Kier alpha value is -2.18. The van der Waals surface area contributed by atoms with Gasteiger partial charge in [0.05, 0.1) is 4.90 Å². The van der Waals surface area contributed by atoms with E-state index < -0.39 is 10.0 Å². The highest BCUT2D eigenvalue weighted by atomic mass is 32.2. The van der Waals surface area contributed by atoms with Crippen LogP contribution in [0.5, 0.6) is 0 Å². The molecule has 0 saturated carbocycles. The van der Waals surface area contributed by atoms with E-state index in [9.17, 15) is 13.2 Å². The van der Waals surface area contributed by atoms with Crippen molar-refractivity contribution in [3.05, 3.63) is 60.2 Å². The molecule has 26 heavy (non-hydrogen) atoms. The van der Waals surface area contributed by atoms with E-state index in [0.29, 0.717) is 17.9 Å². The number of sulfonamides is 1. The third-order valence-electron chi connectivity index (χ3n) is 4.68. The van der Waals surface area contributed by atoms with Crippen LogP contribution >= 0.6 is 0 Å². The van der Waals surface area contributed by atoms with Crippen molar-refractivity contribution in [3.63, 3.8) is 0 Å². The summed E-state index contributed by atoms with van der Waals surface area (Å²) in [6.45, 7) is 2.38. The van der Waals surface area contributed by atoms with Crippen molar-refractivity contribution in [1.29, 1.82) is 0 Å². The number of nitrogens with one attached hydrogen (secondary N) is 1. The van der Waals surface area contributed by atoms with Gasteiger partial charge in [-0.05, 0) is 44.0 Å². The lowest BCUT2D eigenvalue weighted by Crippen LogP contribution is -2.45. The van der Waals surface area contributed by atoms with E-state index in [1.54, 1.807) is 24.3 Å². The van der Waals surface area contributed by atoms with Crippen LogP contribution in [0.15, 0.2) is 59.5 Å². The van der Waals surface area contributed by atoms with Gasteiger partial charge in [0, 0.05) is 24.7 Å². The summed E-state index contributed by atoms with van der Waals surface area (Å²) in [6.07, 6.45) is 2.62. The second-order valence-electron chi connectivity index (χ2n) is 6.70. The summed E-state index contributed by atoms with van der Waals surface area (Å²) in [4.78, 5) is 12.7. The fourth-order valence-corrected chi connectivity index (χ4v) is 4.98. The minimum Gasteiger partial charge on any atom is -0.326 e. The molecule has 0 aliphatic carbocycles.